The zero-order chi connectivity index (χ0) is 25.3. The summed E-state index contributed by atoms with van der Waals surface area (Å²) in [6.07, 6.45) is -8.02. The largest absolute Gasteiger partial charge is 0.463 e. The fraction of sp³-hybridized carbons (Fsp3) is 0.667. The fourth-order valence-corrected chi connectivity index (χ4v) is 3.06. The Bertz CT molecular complexity index is 760. The number of ketones is 1. The molecule has 0 unspecified atom stereocenters. The van der Waals surface area contributed by atoms with Crippen LogP contribution in [-0.2, 0) is 57.1 Å². The molecule has 33 heavy (non-hydrogen) atoms. The summed E-state index contributed by atoms with van der Waals surface area (Å²) < 4.78 is 37.5. The van der Waals surface area contributed by atoms with Crippen molar-refractivity contribution in [3.05, 3.63) is 12.2 Å². The molecule has 0 bridgehead atoms. The molecule has 0 aromatic carbocycles. The van der Waals surface area contributed by atoms with Crippen LogP contribution in [0, 0.1) is 0 Å². The Morgan fingerprint density at radius 1 is 0.848 bits per heavy atom. The van der Waals surface area contributed by atoms with Crippen molar-refractivity contribution >= 4 is 29.7 Å². The number of hydrogen-bond donors (Lipinski definition) is 0. The van der Waals surface area contributed by atoms with Gasteiger partial charge < -0.3 is 33.2 Å². The van der Waals surface area contributed by atoms with Crippen molar-refractivity contribution in [2.24, 2.45) is 0 Å². The molecule has 0 amide bonds. The average molecular weight is 474 g/mol. The second-order valence-electron chi connectivity index (χ2n) is 7.07. The minimum absolute atomic E-state index is 0.0344. The van der Waals surface area contributed by atoms with Gasteiger partial charge in [-0.25, -0.2) is 0 Å². The Balaban J connectivity index is 3.42. The summed E-state index contributed by atoms with van der Waals surface area (Å²) in [5, 5.41) is 0. The minimum Gasteiger partial charge on any atom is -0.463 e. The van der Waals surface area contributed by atoms with E-state index in [2.05, 4.69) is 6.58 Å². The van der Waals surface area contributed by atoms with Crippen LogP contribution in [0.15, 0.2) is 12.2 Å². The molecule has 12 heteroatoms. The van der Waals surface area contributed by atoms with Crippen LogP contribution in [0.25, 0.3) is 0 Å². The molecule has 0 spiro atoms. The van der Waals surface area contributed by atoms with E-state index in [0.29, 0.717) is 0 Å². The third-order valence-electron chi connectivity index (χ3n) is 4.38. The van der Waals surface area contributed by atoms with Gasteiger partial charge in [-0.3, -0.25) is 24.0 Å². The van der Waals surface area contributed by atoms with Gasteiger partial charge in [0.25, 0.3) is 0 Å². The SMILES string of the molecule is C=C(C(=O)CC)[C@H](OC)O[C@@H]1O[C@H](COC(C)=O)[C@@H](OC(C)=O)[C@H](OC(C)=O)[C@H]1OC(C)=O. The van der Waals surface area contributed by atoms with E-state index in [1.807, 2.05) is 0 Å². The van der Waals surface area contributed by atoms with Gasteiger partial charge in [0.2, 0.25) is 6.29 Å². The highest BCUT2D eigenvalue weighted by atomic mass is 16.8. The summed E-state index contributed by atoms with van der Waals surface area (Å²) >= 11 is 0. The van der Waals surface area contributed by atoms with Gasteiger partial charge in [-0.2, -0.15) is 0 Å². The van der Waals surface area contributed by atoms with E-state index in [4.69, 9.17) is 33.2 Å². The normalized spacial score (nSPS) is 25.3. The summed E-state index contributed by atoms with van der Waals surface area (Å²) in [6, 6.07) is 0. The van der Waals surface area contributed by atoms with Crippen LogP contribution >= 0.6 is 0 Å². The van der Waals surface area contributed by atoms with Crippen LogP contribution in [0.5, 0.6) is 0 Å². The van der Waals surface area contributed by atoms with Crippen molar-refractivity contribution in [1.82, 2.24) is 0 Å². The number of hydrogen-bond acceptors (Lipinski definition) is 12. The predicted molar refractivity (Wildman–Crippen MR) is 108 cm³/mol. The Hall–Kier alpha value is -2.83. The highest BCUT2D eigenvalue weighted by Gasteiger charge is 2.53. The number of carbonyl (C=O) groups is 5. The van der Waals surface area contributed by atoms with Crippen molar-refractivity contribution in [2.45, 2.75) is 78.0 Å². The van der Waals surface area contributed by atoms with E-state index >= 15 is 0 Å². The van der Waals surface area contributed by atoms with E-state index in [9.17, 15) is 24.0 Å². The molecule has 186 valence electrons. The lowest BCUT2D eigenvalue weighted by atomic mass is 9.98. The highest BCUT2D eigenvalue weighted by Crippen LogP contribution is 2.31. The second-order valence-corrected chi connectivity index (χ2v) is 7.07. The molecule has 12 nitrogen and oxygen atoms in total. The van der Waals surface area contributed by atoms with Crippen LogP contribution in [0.3, 0.4) is 0 Å². The van der Waals surface area contributed by atoms with E-state index in [0.717, 1.165) is 27.7 Å². The Kier molecular flexibility index (Phi) is 11.1. The zero-order valence-corrected chi connectivity index (χ0v) is 19.5. The molecule has 1 saturated heterocycles. The average Bonchev–Trinajstić information content (AvgIpc) is 2.72. The molecule has 0 radical (unpaired) electrons. The molecule has 6 atom stereocenters. The van der Waals surface area contributed by atoms with Gasteiger partial charge in [-0.15, -0.1) is 0 Å². The lowest BCUT2D eigenvalue weighted by Crippen LogP contribution is -2.63. The van der Waals surface area contributed by atoms with Crippen molar-refractivity contribution in [1.29, 1.82) is 0 Å². The minimum atomic E-state index is -1.49. The highest BCUT2D eigenvalue weighted by molar-refractivity contribution is 5.95. The maximum absolute atomic E-state index is 12.1. The predicted octanol–water partition coefficient (Wildman–Crippen LogP) is 0.594. The van der Waals surface area contributed by atoms with Gasteiger partial charge in [0.15, 0.2) is 30.4 Å². The first-order chi connectivity index (χ1) is 15.4. The first-order valence-corrected chi connectivity index (χ1v) is 10.1. The standard InChI is InChI=1S/C21H30O12/c1-8-15(26)10(2)20(27-7)33-21-19(31-14(6)25)18(30-13(5)24)17(29-12(4)23)16(32-21)9-28-11(3)22/h16-21H,2,8-9H2,1,3-7H3/t16-,17-,18+,19-,20-,21+/m1/s1. The van der Waals surface area contributed by atoms with Gasteiger partial charge in [0.1, 0.15) is 12.7 Å². The zero-order valence-electron chi connectivity index (χ0n) is 19.5. The number of esters is 4. The number of rotatable bonds is 11. The van der Waals surface area contributed by atoms with Crippen molar-refractivity contribution in [2.75, 3.05) is 13.7 Å². The van der Waals surface area contributed by atoms with E-state index in [1.165, 1.54) is 7.11 Å². The molecular weight excluding hydrogens is 444 g/mol. The molecule has 1 aliphatic rings. The number of Topliss-reactive ketones (excluding diaryl/α,β-unsaturated/α-hetero) is 1. The van der Waals surface area contributed by atoms with E-state index in [-0.39, 0.29) is 17.8 Å². The summed E-state index contributed by atoms with van der Waals surface area (Å²) in [6.45, 7) is 9.33. The summed E-state index contributed by atoms with van der Waals surface area (Å²) in [7, 11) is 1.25. The Morgan fingerprint density at radius 3 is 1.82 bits per heavy atom. The van der Waals surface area contributed by atoms with E-state index < -0.39 is 67.5 Å². The molecule has 0 N–H and O–H groups in total. The molecule has 0 saturated carbocycles. The molecule has 1 heterocycles. The van der Waals surface area contributed by atoms with Crippen LogP contribution in [-0.4, -0.2) is 80.4 Å². The Labute approximate surface area is 191 Å². The number of methoxy groups -OCH3 is 1. The number of ether oxygens (including phenoxy) is 7. The third kappa shape index (κ3) is 8.56. The second kappa shape index (κ2) is 13.0. The molecular formula is C21H30O12. The summed E-state index contributed by atoms with van der Waals surface area (Å²) in [5.41, 5.74) is -0.0344. The molecule has 1 rings (SSSR count). The molecule has 0 aromatic rings. The molecule has 1 aliphatic heterocycles. The van der Waals surface area contributed by atoms with Crippen LogP contribution in [0.1, 0.15) is 41.0 Å². The lowest BCUT2D eigenvalue weighted by molar-refractivity contribution is -0.332. The quantitative estimate of drug-likeness (QED) is 0.178. The molecule has 0 aliphatic carbocycles. The Morgan fingerprint density at radius 2 is 1.36 bits per heavy atom. The lowest BCUT2D eigenvalue weighted by Gasteiger charge is -2.44. The first-order valence-electron chi connectivity index (χ1n) is 10.1. The summed E-state index contributed by atoms with van der Waals surface area (Å²) in [4.78, 5) is 58.8. The van der Waals surface area contributed by atoms with Gasteiger partial charge in [-0.1, -0.05) is 13.5 Å². The van der Waals surface area contributed by atoms with Crippen LogP contribution in [0.4, 0.5) is 0 Å². The van der Waals surface area contributed by atoms with Gasteiger partial charge in [-0.05, 0) is 0 Å². The van der Waals surface area contributed by atoms with Crippen LogP contribution < -0.4 is 0 Å². The fourth-order valence-electron chi connectivity index (χ4n) is 3.06. The third-order valence-corrected chi connectivity index (χ3v) is 4.38. The van der Waals surface area contributed by atoms with Gasteiger partial charge >= 0.3 is 23.9 Å². The maximum atomic E-state index is 12.1. The smallest absolute Gasteiger partial charge is 0.303 e. The van der Waals surface area contributed by atoms with E-state index in [1.54, 1.807) is 6.92 Å². The molecule has 0 aromatic heterocycles. The summed E-state index contributed by atoms with van der Waals surface area (Å²) in [5.74, 6) is -3.33. The van der Waals surface area contributed by atoms with Gasteiger partial charge in [0, 0.05) is 46.8 Å². The maximum Gasteiger partial charge on any atom is 0.303 e. The van der Waals surface area contributed by atoms with Gasteiger partial charge in [0.05, 0.1) is 0 Å². The number of carbonyl (C=O) groups excluding carboxylic acids is 5. The monoisotopic (exact) mass is 474 g/mol. The first kappa shape index (κ1) is 28.2. The van der Waals surface area contributed by atoms with Crippen molar-refractivity contribution < 1.29 is 57.1 Å². The van der Waals surface area contributed by atoms with Crippen molar-refractivity contribution in [3.63, 3.8) is 0 Å². The van der Waals surface area contributed by atoms with Crippen LogP contribution in [0.2, 0.25) is 0 Å². The van der Waals surface area contributed by atoms with Crippen molar-refractivity contribution in [3.8, 4) is 0 Å². The molecule has 1 fully saturated rings. The topological polar surface area (TPSA) is 150 Å².